The lowest BCUT2D eigenvalue weighted by Crippen LogP contribution is -2.27. The smallest absolute Gasteiger partial charge is 0.342 e. The number of anilines is 1. The van der Waals surface area contributed by atoms with Gasteiger partial charge in [-0.15, -0.1) is 3.89 Å². The van der Waals surface area contributed by atoms with Crippen molar-refractivity contribution in [2.75, 3.05) is 11.4 Å². The molecule has 2 rings (SSSR count). The highest BCUT2D eigenvalue weighted by atomic mass is 32.3. The number of carboxylic acids is 1. The molecule has 1 fully saturated rings. The van der Waals surface area contributed by atoms with Gasteiger partial charge in [-0.1, -0.05) is 0 Å². The van der Waals surface area contributed by atoms with Crippen molar-refractivity contribution in [3.8, 4) is 0 Å². The maximum absolute atomic E-state index is 12.9. The van der Waals surface area contributed by atoms with Gasteiger partial charge in [-0.2, -0.15) is 8.42 Å². The van der Waals surface area contributed by atoms with Crippen molar-refractivity contribution in [2.45, 2.75) is 11.7 Å². The van der Waals surface area contributed by atoms with E-state index in [1.54, 1.807) is 0 Å². The van der Waals surface area contributed by atoms with Crippen molar-refractivity contribution >= 4 is 33.5 Å². The monoisotopic (exact) mass is 332 g/mol. The van der Waals surface area contributed by atoms with Gasteiger partial charge in [-0.3, -0.25) is 14.9 Å². The van der Waals surface area contributed by atoms with E-state index in [0.29, 0.717) is 0 Å². The maximum Gasteiger partial charge on any atom is 0.342 e. The number of halogens is 1. The van der Waals surface area contributed by atoms with Crippen LogP contribution >= 0.6 is 0 Å². The molecule has 9 nitrogen and oxygen atoms in total. The van der Waals surface area contributed by atoms with Gasteiger partial charge in [0.05, 0.1) is 10.6 Å². The summed E-state index contributed by atoms with van der Waals surface area (Å²) >= 11 is 0. The van der Waals surface area contributed by atoms with Crippen molar-refractivity contribution in [2.24, 2.45) is 0 Å². The molecule has 1 heterocycles. The molecule has 0 aliphatic carbocycles. The van der Waals surface area contributed by atoms with Crippen LogP contribution in [0.25, 0.3) is 0 Å². The highest BCUT2D eigenvalue weighted by Crippen LogP contribution is 2.30. The minimum absolute atomic E-state index is 0.0622. The molecule has 1 aliphatic heterocycles. The fraction of sp³-hybridized carbons (Fsp3) is 0.273. The van der Waals surface area contributed by atoms with Crippen LogP contribution < -0.4 is 4.90 Å². The number of nitro benzene ring substituents is 1. The van der Waals surface area contributed by atoms with Crippen molar-refractivity contribution < 1.29 is 31.9 Å². The molecular weight excluding hydrogens is 323 g/mol. The molecule has 1 unspecified atom stereocenters. The fourth-order valence-electron chi connectivity index (χ4n) is 2.13. The Balaban J connectivity index is 2.42. The number of nitro groups is 1. The third-order valence-corrected chi connectivity index (χ3v) is 4.32. The normalized spacial score (nSPS) is 18.5. The molecule has 1 N–H and O–H groups in total. The second-order valence-electron chi connectivity index (χ2n) is 4.57. The van der Waals surface area contributed by atoms with Crippen molar-refractivity contribution in [1.82, 2.24) is 0 Å². The summed E-state index contributed by atoms with van der Waals surface area (Å²) in [7, 11) is -4.91. The highest BCUT2D eigenvalue weighted by Gasteiger charge is 2.39. The van der Waals surface area contributed by atoms with Crippen LogP contribution in [-0.2, 0) is 15.0 Å². The van der Waals surface area contributed by atoms with E-state index in [-0.39, 0.29) is 5.69 Å². The zero-order chi connectivity index (χ0) is 16.7. The predicted molar refractivity (Wildman–Crippen MR) is 70.8 cm³/mol. The van der Waals surface area contributed by atoms with Crippen LogP contribution in [0.15, 0.2) is 18.2 Å². The Labute approximate surface area is 123 Å². The lowest BCUT2D eigenvalue weighted by atomic mass is 10.1. The van der Waals surface area contributed by atoms with E-state index >= 15 is 0 Å². The van der Waals surface area contributed by atoms with Gasteiger partial charge in [-0.05, 0) is 12.1 Å². The van der Waals surface area contributed by atoms with E-state index in [9.17, 15) is 32.0 Å². The third-order valence-electron chi connectivity index (χ3n) is 3.21. The number of hydrogen-bond acceptors (Lipinski definition) is 6. The molecule has 0 spiro atoms. The molecule has 1 saturated heterocycles. The van der Waals surface area contributed by atoms with Gasteiger partial charge in [0.25, 0.3) is 5.69 Å². The number of aromatic carboxylic acids is 1. The van der Waals surface area contributed by atoms with Gasteiger partial charge in [0, 0.05) is 19.0 Å². The first-order chi connectivity index (χ1) is 10.1. The average molecular weight is 332 g/mol. The molecule has 1 aromatic rings. The second-order valence-corrected chi connectivity index (χ2v) is 6.19. The van der Waals surface area contributed by atoms with E-state index in [1.807, 2.05) is 0 Å². The van der Waals surface area contributed by atoms with Crippen molar-refractivity contribution in [1.29, 1.82) is 0 Å². The van der Waals surface area contributed by atoms with Gasteiger partial charge >= 0.3 is 16.2 Å². The maximum atomic E-state index is 12.9. The fourth-order valence-corrected chi connectivity index (χ4v) is 2.80. The first-order valence-corrected chi connectivity index (χ1v) is 7.31. The second kappa shape index (κ2) is 5.33. The van der Waals surface area contributed by atoms with E-state index in [4.69, 9.17) is 5.11 Å². The molecule has 11 heteroatoms. The summed E-state index contributed by atoms with van der Waals surface area (Å²) in [4.78, 5) is 33.5. The van der Waals surface area contributed by atoms with Crippen LogP contribution in [0.5, 0.6) is 0 Å². The van der Waals surface area contributed by atoms with Gasteiger partial charge < -0.3 is 10.0 Å². The van der Waals surface area contributed by atoms with Gasteiger partial charge in [0.1, 0.15) is 10.8 Å². The quantitative estimate of drug-likeness (QED) is 0.487. The number of rotatable bonds is 4. The van der Waals surface area contributed by atoms with Crippen molar-refractivity contribution in [3.63, 3.8) is 0 Å². The minimum atomic E-state index is -4.91. The first kappa shape index (κ1) is 15.8. The molecule has 0 bridgehead atoms. The van der Waals surface area contributed by atoms with Crippen LogP contribution in [0.1, 0.15) is 16.8 Å². The summed E-state index contributed by atoms with van der Waals surface area (Å²) in [5.41, 5.74) is -1.38. The lowest BCUT2D eigenvalue weighted by Gasteiger charge is -2.16. The van der Waals surface area contributed by atoms with Crippen LogP contribution in [0.3, 0.4) is 0 Å². The molecule has 0 radical (unpaired) electrons. The highest BCUT2D eigenvalue weighted by molar-refractivity contribution is 7.87. The SMILES string of the molecule is O=C(O)c1ccc(N2CC(S(=O)(=O)F)CC2=O)cc1[N+](=O)[O-]. The Kier molecular flexibility index (Phi) is 3.83. The lowest BCUT2D eigenvalue weighted by molar-refractivity contribution is -0.385. The molecule has 0 saturated carbocycles. The molecule has 0 aromatic heterocycles. The molecule has 1 amide bonds. The first-order valence-electron chi connectivity index (χ1n) is 5.87. The summed E-state index contributed by atoms with van der Waals surface area (Å²) in [6, 6.07) is 2.90. The van der Waals surface area contributed by atoms with E-state index in [1.165, 1.54) is 0 Å². The number of amides is 1. The van der Waals surface area contributed by atoms with Crippen molar-refractivity contribution in [3.05, 3.63) is 33.9 Å². The van der Waals surface area contributed by atoms with Crippen LogP contribution in [0, 0.1) is 10.1 Å². The molecule has 1 aromatic carbocycles. The summed E-state index contributed by atoms with van der Waals surface area (Å²) in [6.07, 6.45) is -0.576. The number of nitrogens with zero attached hydrogens (tertiary/aromatic N) is 2. The average Bonchev–Trinajstić information content (AvgIpc) is 2.80. The minimum Gasteiger partial charge on any atom is -0.477 e. The zero-order valence-electron chi connectivity index (χ0n) is 10.8. The third kappa shape index (κ3) is 2.88. The Morgan fingerprint density at radius 2 is 2.09 bits per heavy atom. The van der Waals surface area contributed by atoms with Gasteiger partial charge in [-0.25, -0.2) is 4.79 Å². The standard InChI is InChI=1S/C11H9FN2O7S/c12-22(20,21)7-4-10(15)13(5-7)6-1-2-8(11(16)17)9(3-6)14(18)19/h1-3,7H,4-5H2,(H,16,17). The summed E-state index contributed by atoms with van der Waals surface area (Å²) < 4.78 is 34.6. The molecule has 118 valence electrons. The Hall–Kier alpha value is -2.56. The Morgan fingerprint density at radius 3 is 2.55 bits per heavy atom. The van der Waals surface area contributed by atoms with Crippen LogP contribution in [-0.4, -0.2) is 42.1 Å². The van der Waals surface area contributed by atoms with Crippen LogP contribution in [0.2, 0.25) is 0 Å². The number of carbonyl (C=O) groups is 2. The van der Waals surface area contributed by atoms with E-state index in [0.717, 1.165) is 23.1 Å². The molecule has 22 heavy (non-hydrogen) atoms. The number of carboxylic acid groups (broad SMARTS) is 1. The Morgan fingerprint density at radius 1 is 1.45 bits per heavy atom. The Bertz CT molecular complexity index is 777. The van der Waals surface area contributed by atoms with Gasteiger partial charge in [0.15, 0.2) is 0 Å². The largest absolute Gasteiger partial charge is 0.477 e. The van der Waals surface area contributed by atoms with E-state index < -0.39 is 56.5 Å². The topological polar surface area (TPSA) is 135 Å². The molecule has 1 atom stereocenters. The molecule has 1 aliphatic rings. The number of carbonyl (C=O) groups excluding carboxylic acids is 1. The summed E-state index contributed by atoms with van der Waals surface area (Å²) in [6.45, 7) is -0.485. The predicted octanol–water partition coefficient (Wildman–Crippen LogP) is 0.698. The van der Waals surface area contributed by atoms with Gasteiger partial charge in [0.2, 0.25) is 5.91 Å². The summed E-state index contributed by atoms with van der Waals surface area (Å²) in [5, 5.41) is 18.2. The van der Waals surface area contributed by atoms with Crippen LogP contribution in [0.4, 0.5) is 15.3 Å². The summed E-state index contributed by atoms with van der Waals surface area (Å²) in [5.74, 6) is -2.24. The number of hydrogen-bond donors (Lipinski definition) is 1. The zero-order valence-corrected chi connectivity index (χ0v) is 11.6. The van der Waals surface area contributed by atoms with E-state index in [2.05, 4.69) is 0 Å². The number of benzene rings is 1. The molecular formula is C11H9FN2O7S.